The number of aromatic amines is 1. The maximum Gasteiger partial charge on any atom is 0.326 e. The van der Waals surface area contributed by atoms with Gasteiger partial charge in [-0.05, 0) is 115 Å². The average Bonchev–Trinajstić information content (AvgIpc) is 1.70. The smallest absolute Gasteiger partial charge is 0.326 e. The molecule has 0 unspecified atom stereocenters. The summed E-state index contributed by atoms with van der Waals surface area (Å²) in [6.07, 6.45) is -2.90. The number of likely N-dealkylation sites (tertiary alicyclic amines) is 3. The summed E-state index contributed by atoms with van der Waals surface area (Å²) < 4.78 is 0. The van der Waals surface area contributed by atoms with Crippen molar-refractivity contribution in [2.24, 2.45) is 17.2 Å². The third-order valence-electron chi connectivity index (χ3n) is 22.3. The van der Waals surface area contributed by atoms with E-state index in [9.17, 15) is 142 Å². The number of H-pyrrole nitrogens is 1. The minimum atomic E-state index is -1.98. The molecule has 752 valence electrons. The first-order chi connectivity index (χ1) is 64.5. The number of amides is 19. The number of aliphatic hydroxyl groups excluding tert-OH is 6. The molecule has 4 aliphatic heterocycles. The van der Waals surface area contributed by atoms with Crippen LogP contribution in [0.25, 0.3) is 10.9 Å². The SMILES string of the molecule is C[C@@H](O)[C@H](NC(=O)CNC(=O)[C@@H](NC(=O)[C@H](CO)NC(=O)CNC(=O)[C@@H]1CCCN1C(=O)[C@H](CCCNC(=N)N)NC(=O)[C@@H]1CCCN1C(=O)[C@H](CO)NC(=O)CNC(=O)[C@@H]1CCCN1)[C@@H](C)O)C(=O)N[C@@H](Cc1c[nH]c2ccccc12)C(=O)N[C@@H](CC(N)=O)C(=O)N1CCC[C@H]1C(=O)NCC(=O)N[C@@H](CO)C(=O)N[C@@H](CO)C(=O)N[C@@H](CCC(=O)O)C(=O)N[C@@H](CCCNC(=N)N)C(=O)O. The van der Waals surface area contributed by atoms with E-state index in [1.165, 1.54) is 6.20 Å². The second-order valence-electron chi connectivity index (χ2n) is 32.5. The van der Waals surface area contributed by atoms with Crippen LogP contribution in [0.3, 0.4) is 0 Å². The van der Waals surface area contributed by atoms with Crippen LogP contribution in [0.5, 0.6) is 0 Å². The van der Waals surface area contributed by atoms with Crippen LogP contribution in [0.15, 0.2) is 30.5 Å². The normalized spacial score (nSPS) is 18.4. The van der Waals surface area contributed by atoms with Gasteiger partial charge in [0.2, 0.25) is 112 Å². The molecule has 136 heavy (non-hydrogen) atoms. The zero-order valence-electron chi connectivity index (χ0n) is 74.6. The number of primary amides is 1. The van der Waals surface area contributed by atoms with Gasteiger partial charge in [-0.25, -0.2) is 4.79 Å². The van der Waals surface area contributed by atoms with Gasteiger partial charge in [-0.3, -0.25) is 107 Å². The van der Waals surface area contributed by atoms with Crippen molar-refractivity contribution in [3.8, 4) is 0 Å². The topological polar surface area (TPSA) is 888 Å². The van der Waals surface area contributed by atoms with Crippen molar-refractivity contribution in [2.45, 2.75) is 219 Å². The second-order valence-corrected chi connectivity index (χ2v) is 32.5. The Morgan fingerprint density at radius 3 is 1.32 bits per heavy atom. The molecule has 0 saturated carbocycles. The third-order valence-corrected chi connectivity index (χ3v) is 22.3. The van der Waals surface area contributed by atoms with E-state index in [1.807, 2.05) is 5.32 Å². The Labute approximate surface area is 776 Å². The molecule has 0 bridgehead atoms. The minimum Gasteiger partial charge on any atom is -0.481 e. The van der Waals surface area contributed by atoms with E-state index in [1.54, 1.807) is 24.3 Å². The van der Waals surface area contributed by atoms with E-state index in [-0.39, 0.29) is 90.5 Å². The molecule has 0 radical (unpaired) electrons. The van der Waals surface area contributed by atoms with Crippen LogP contribution in [0, 0.1) is 10.8 Å². The lowest BCUT2D eigenvalue weighted by molar-refractivity contribution is -0.145. The molecule has 19 amide bonds. The Hall–Kier alpha value is -14.1. The van der Waals surface area contributed by atoms with Crippen molar-refractivity contribution in [3.63, 3.8) is 0 Å². The summed E-state index contributed by atoms with van der Waals surface area (Å²) >= 11 is 0. The molecule has 56 heteroatoms. The van der Waals surface area contributed by atoms with Gasteiger partial charge in [0.1, 0.15) is 84.6 Å². The van der Waals surface area contributed by atoms with Gasteiger partial charge < -0.3 is 173 Å². The van der Waals surface area contributed by atoms with Gasteiger partial charge in [0, 0.05) is 62.7 Å². The summed E-state index contributed by atoms with van der Waals surface area (Å²) in [7, 11) is 0. The number of para-hydroxylation sites is 1. The number of nitrogens with one attached hydrogen (secondary N) is 21. The highest BCUT2D eigenvalue weighted by Crippen LogP contribution is 2.25. The molecule has 1 aromatic carbocycles. The van der Waals surface area contributed by atoms with Gasteiger partial charge in [-0.15, -0.1) is 0 Å². The van der Waals surface area contributed by atoms with Gasteiger partial charge in [0.25, 0.3) is 0 Å². The summed E-state index contributed by atoms with van der Waals surface area (Å²) in [6, 6.07) is -17.4. The predicted molar refractivity (Wildman–Crippen MR) is 469 cm³/mol. The number of guanidine groups is 2. The Kier molecular flexibility index (Phi) is 44.7. The van der Waals surface area contributed by atoms with E-state index < -0.39 is 317 Å². The highest BCUT2D eigenvalue weighted by molar-refractivity contribution is 6.02. The quantitative estimate of drug-likeness (QED) is 0.0166. The number of hydrogen-bond donors (Lipinski definition) is 32. The van der Waals surface area contributed by atoms with E-state index >= 15 is 0 Å². The van der Waals surface area contributed by atoms with Crippen molar-refractivity contribution in [3.05, 3.63) is 36.0 Å². The molecule has 17 atom stereocenters. The van der Waals surface area contributed by atoms with Crippen molar-refractivity contribution in [2.75, 3.05) is 91.9 Å². The summed E-state index contributed by atoms with van der Waals surface area (Å²) in [5, 5.41) is 139. The molecule has 56 nitrogen and oxygen atoms in total. The van der Waals surface area contributed by atoms with E-state index in [0.29, 0.717) is 35.9 Å². The molecule has 5 heterocycles. The molecular weight excluding hydrogens is 1800 g/mol. The molecule has 35 N–H and O–H groups in total. The Balaban J connectivity index is 1.03. The highest BCUT2D eigenvalue weighted by Gasteiger charge is 2.45. The van der Waals surface area contributed by atoms with Crippen LogP contribution in [0.1, 0.15) is 116 Å². The number of carboxylic acid groups (broad SMARTS) is 2. The van der Waals surface area contributed by atoms with Crippen molar-refractivity contribution in [1.29, 1.82) is 10.8 Å². The number of benzene rings is 1. The number of aromatic nitrogens is 1. The van der Waals surface area contributed by atoms with E-state index in [4.69, 9.17) is 28.0 Å². The monoisotopic (exact) mass is 1930 g/mol. The molecule has 0 aliphatic carbocycles. The van der Waals surface area contributed by atoms with Gasteiger partial charge in [-0.2, -0.15) is 0 Å². The number of hydrogen-bond acceptors (Lipinski definition) is 30. The minimum absolute atomic E-state index is 0.0180. The molecule has 6 rings (SSSR count). The number of aliphatic carboxylic acids is 2. The number of aliphatic hydroxyl groups is 6. The van der Waals surface area contributed by atoms with E-state index in [2.05, 4.69) is 95.4 Å². The first-order valence-corrected chi connectivity index (χ1v) is 43.8. The number of carbonyl (C=O) groups is 21. The maximum absolute atomic E-state index is 14.7. The largest absolute Gasteiger partial charge is 0.481 e. The zero-order chi connectivity index (χ0) is 101. The standard InChI is InChI=1S/C80H123N27O29/c1-38(112)62(104-69(126)50(35-109)95-58(116)32-91-70(127)53-16-8-24-105(53)75(132)45(14-6-22-87-79(82)83)98-72(129)55-18-10-26-107(55)77(134)52(37-111)96-59(117)30-90-64(121)43-13-5-21-86-43)73(130)93-33-60(118)103-63(39(2)113)74(131)100-47(27-40-29-89-42-12-4-3-11-41(40)42)66(123)101-48(28-56(81)114)76(133)106-25-9-17-54(106)71(128)92-31-57(115)94-49(34-108)67(124)102-51(36-110)68(125)97-44(19-20-61(119)120)65(122)99-46(78(135)136)15-7-23-88-80(84)85/h3-4,11-12,29,38-39,43-55,62-63,86,89,108-113H,5-10,13-28,30-37H2,1-2H3,(H2,81,114)(H,90,121)(H,91,127)(H,92,128)(H,93,130)(H,94,115)(H,95,116)(H,96,117)(H,97,125)(H,98,129)(H,99,122)(H,100,131)(H,101,123)(H,102,124)(H,103,118)(H,104,126)(H,119,120)(H,135,136)(H4,82,83,87)(H4,84,85,88)/t38-,39-,43+,44+,45+,46+,47+,48+,49+,50+,51+,52+,53+,54+,55+,62+,63+/m1/s1. The fourth-order valence-electron chi connectivity index (χ4n) is 15.2. The second kappa shape index (κ2) is 54.9. The molecular formula is C80H123N27O29. The third kappa shape index (κ3) is 34.4. The molecule has 4 fully saturated rings. The summed E-state index contributed by atoms with van der Waals surface area (Å²) in [6.45, 7) is -5.23. The summed E-state index contributed by atoms with van der Waals surface area (Å²) in [5.41, 5.74) is 17.2. The van der Waals surface area contributed by atoms with Gasteiger partial charge in [0.15, 0.2) is 11.9 Å². The molecule has 2 aromatic rings. The van der Waals surface area contributed by atoms with Gasteiger partial charge in [-0.1, -0.05) is 18.2 Å². The molecule has 1 aromatic heterocycles. The number of rotatable bonds is 55. The van der Waals surface area contributed by atoms with Crippen molar-refractivity contribution >= 4 is 147 Å². The number of carboxylic acids is 2. The maximum atomic E-state index is 14.7. The fraction of sp³-hybridized carbons (Fsp3) is 0.613. The number of nitrogens with two attached hydrogens (primary N) is 3. The lowest BCUT2D eigenvalue weighted by Crippen LogP contribution is -2.61. The average molecular weight is 1930 g/mol. The fourth-order valence-corrected chi connectivity index (χ4v) is 15.2. The molecule has 4 saturated heterocycles. The lowest BCUT2D eigenvalue weighted by Gasteiger charge is -2.31. The van der Waals surface area contributed by atoms with Crippen LogP contribution in [-0.4, -0.2) is 391 Å². The van der Waals surface area contributed by atoms with Crippen LogP contribution in [-0.2, 0) is 107 Å². The first kappa shape index (κ1) is 111. The van der Waals surface area contributed by atoms with Crippen LogP contribution >= 0.6 is 0 Å². The Bertz CT molecular complexity index is 4650. The number of nitrogens with zero attached hydrogens (tertiary/aromatic N) is 3. The summed E-state index contributed by atoms with van der Waals surface area (Å²) in [5.74, 6) is -23.8. The van der Waals surface area contributed by atoms with Crippen molar-refractivity contribution in [1.82, 2.24) is 115 Å². The van der Waals surface area contributed by atoms with Gasteiger partial charge >= 0.3 is 11.9 Å². The summed E-state index contributed by atoms with van der Waals surface area (Å²) in [4.78, 5) is 289. The number of fused-ring (bicyclic) bond motifs is 1. The highest BCUT2D eigenvalue weighted by atomic mass is 16.4. The van der Waals surface area contributed by atoms with E-state index in [0.717, 1.165) is 35.0 Å². The Morgan fingerprint density at radius 1 is 0.426 bits per heavy atom. The molecule has 0 spiro atoms. The number of carbonyl (C=O) groups excluding carboxylic acids is 19. The van der Waals surface area contributed by atoms with Gasteiger partial charge in [0.05, 0.1) is 77.3 Å². The first-order valence-electron chi connectivity index (χ1n) is 43.8. The molecule has 4 aliphatic rings. The van der Waals surface area contributed by atoms with Crippen LogP contribution < -0.4 is 113 Å². The predicted octanol–water partition coefficient (Wildman–Crippen LogP) is -15.7. The Morgan fingerprint density at radius 2 is 0.838 bits per heavy atom. The lowest BCUT2D eigenvalue weighted by atomic mass is 10.0. The van der Waals surface area contributed by atoms with Crippen molar-refractivity contribution < 1.29 is 142 Å². The zero-order valence-corrected chi connectivity index (χ0v) is 74.6. The van der Waals surface area contributed by atoms with Crippen LogP contribution in [0.2, 0.25) is 0 Å². The van der Waals surface area contributed by atoms with Crippen LogP contribution in [0.4, 0.5) is 0 Å².